The second-order valence-corrected chi connectivity index (χ2v) is 4.97. The summed E-state index contributed by atoms with van der Waals surface area (Å²) in [5, 5.41) is 9.83. The number of carbonyl (C=O) groups is 1. The first-order chi connectivity index (χ1) is 8.54. The zero-order valence-electron chi connectivity index (χ0n) is 11.1. The number of amides is 1. The van der Waals surface area contributed by atoms with Gasteiger partial charge in [0.25, 0.3) is 0 Å². The lowest BCUT2D eigenvalue weighted by molar-refractivity contribution is -0.118. The van der Waals surface area contributed by atoms with Gasteiger partial charge in [-0.05, 0) is 20.8 Å². The maximum absolute atomic E-state index is 11.9. The van der Waals surface area contributed by atoms with E-state index < -0.39 is 0 Å². The van der Waals surface area contributed by atoms with Gasteiger partial charge in [0, 0.05) is 31.2 Å². The van der Waals surface area contributed by atoms with Gasteiger partial charge in [0.05, 0.1) is 12.2 Å². The van der Waals surface area contributed by atoms with Crippen LogP contribution in [0.25, 0.3) is 0 Å². The molecule has 1 aromatic heterocycles. The fourth-order valence-electron chi connectivity index (χ4n) is 2.10. The lowest BCUT2D eigenvalue weighted by atomic mass is 10.1. The van der Waals surface area contributed by atoms with Crippen LogP contribution < -0.4 is 10.6 Å². The molecule has 0 spiro atoms. The van der Waals surface area contributed by atoms with E-state index in [0.29, 0.717) is 24.5 Å². The predicted octanol–water partition coefficient (Wildman–Crippen LogP) is 0.604. The number of nitrogens with one attached hydrogen (secondary N) is 2. The number of hydrogen-bond acceptors (Lipinski definition) is 5. The number of aromatic nitrogens is 1. The van der Waals surface area contributed by atoms with Gasteiger partial charge in [-0.15, -0.1) is 0 Å². The Morgan fingerprint density at radius 1 is 1.67 bits per heavy atom. The minimum absolute atomic E-state index is 0.0629. The van der Waals surface area contributed by atoms with Crippen molar-refractivity contribution in [2.45, 2.75) is 32.9 Å². The smallest absolute Gasteiger partial charge is 0.240 e. The number of piperazine rings is 1. The monoisotopic (exact) mass is 252 g/mol. The van der Waals surface area contributed by atoms with E-state index in [0.717, 1.165) is 18.8 Å². The van der Waals surface area contributed by atoms with Crippen LogP contribution in [0.4, 0.5) is 5.88 Å². The molecule has 18 heavy (non-hydrogen) atoms. The highest BCUT2D eigenvalue weighted by atomic mass is 16.5. The van der Waals surface area contributed by atoms with E-state index in [1.165, 1.54) is 0 Å². The SMILES string of the molecule is Cc1cc(NC(=O)CN2CC(C)NCC2C)on1. The van der Waals surface area contributed by atoms with E-state index in [9.17, 15) is 4.79 Å². The van der Waals surface area contributed by atoms with Crippen LogP contribution in [-0.4, -0.2) is 47.7 Å². The van der Waals surface area contributed by atoms with E-state index >= 15 is 0 Å². The molecule has 1 amide bonds. The minimum Gasteiger partial charge on any atom is -0.338 e. The van der Waals surface area contributed by atoms with Crippen LogP contribution in [0.5, 0.6) is 0 Å². The van der Waals surface area contributed by atoms with E-state index in [1.54, 1.807) is 6.07 Å². The molecule has 1 aliphatic rings. The molecule has 0 aliphatic carbocycles. The van der Waals surface area contributed by atoms with Gasteiger partial charge in [0.1, 0.15) is 0 Å². The summed E-state index contributed by atoms with van der Waals surface area (Å²) in [6.07, 6.45) is 0. The van der Waals surface area contributed by atoms with Crippen LogP contribution in [0.1, 0.15) is 19.5 Å². The number of anilines is 1. The van der Waals surface area contributed by atoms with Crippen LogP contribution in [0.3, 0.4) is 0 Å². The Labute approximate surface area is 107 Å². The van der Waals surface area contributed by atoms with E-state index in [1.807, 2.05) is 6.92 Å². The van der Waals surface area contributed by atoms with Crippen LogP contribution >= 0.6 is 0 Å². The van der Waals surface area contributed by atoms with Crippen LogP contribution in [0.15, 0.2) is 10.6 Å². The van der Waals surface area contributed by atoms with Crippen molar-refractivity contribution in [1.82, 2.24) is 15.4 Å². The molecular formula is C12H20N4O2. The van der Waals surface area contributed by atoms with Gasteiger partial charge >= 0.3 is 0 Å². The number of rotatable bonds is 3. The van der Waals surface area contributed by atoms with Gasteiger partial charge in [-0.3, -0.25) is 15.0 Å². The molecule has 0 saturated carbocycles. The molecule has 2 rings (SSSR count). The Hall–Kier alpha value is -1.40. The van der Waals surface area contributed by atoms with Crippen molar-refractivity contribution in [3.8, 4) is 0 Å². The molecule has 2 heterocycles. The van der Waals surface area contributed by atoms with Gasteiger partial charge in [-0.1, -0.05) is 5.16 Å². The molecule has 6 nitrogen and oxygen atoms in total. The van der Waals surface area contributed by atoms with Crippen molar-refractivity contribution in [3.05, 3.63) is 11.8 Å². The molecular weight excluding hydrogens is 232 g/mol. The Bertz CT molecular complexity index is 418. The normalized spacial score (nSPS) is 25.1. The maximum atomic E-state index is 11.9. The van der Waals surface area contributed by atoms with Gasteiger partial charge in [-0.2, -0.15) is 0 Å². The second kappa shape index (κ2) is 5.49. The molecule has 6 heteroatoms. The first-order valence-corrected chi connectivity index (χ1v) is 6.25. The number of hydrogen-bond donors (Lipinski definition) is 2. The zero-order chi connectivity index (χ0) is 13.1. The van der Waals surface area contributed by atoms with Crippen molar-refractivity contribution < 1.29 is 9.32 Å². The quantitative estimate of drug-likeness (QED) is 0.824. The largest absolute Gasteiger partial charge is 0.338 e. The van der Waals surface area contributed by atoms with Gasteiger partial charge in [0.15, 0.2) is 0 Å². The summed E-state index contributed by atoms with van der Waals surface area (Å²) < 4.78 is 4.96. The van der Waals surface area contributed by atoms with Crippen molar-refractivity contribution in [3.63, 3.8) is 0 Å². The van der Waals surface area contributed by atoms with Gasteiger partial charge in [-0.25, -0.2) is 0 Å². The highest BCUT2D eigenvalue weighted by Gasteiger charge is 2.24. The molecule has 1 saturated heterocycles. The lowest BCUT2D eigenvalue weighted by Crippen LogP contribution is -2.55. The minimum atomic E-state index is -0.0629. The van der Waals surface area contributed by atoms with Crippen molar-refractivity contribution in [2.75, 3.05) is 25.0 Å². The molecule has 1 aliphatic heterocycles. The summed E-state index contributed by atoms with van der Waals surface area (Å²) in [7, 11) is 0. The average Bonchev–Trinajstić information content (AvgIpc) is 2.69. The van der Waals surface area contributed by atoms with Crippen molar-refractivity contribution in [2.24, 2.45) is 0 Å². The van der Waals surface area contributed by atoms with Crippen LogP contribution in [0, 0.1) is 6.92 Å². The molecule has 2 N–H and O–H groups in total. The summed E-state index contributed by atoms with van der Waals surface area (Å²) in [5.41, 5.74) is 0.759. The van der Waals surface area contributed by atoms with Gasteiger partial charge < -0.3 is 9.84 Å². The molecule has 1 aromatic rings. The fourth-order valence-corrected chi connectivity index (χ4v) is 2.10. The van der Waals surface area contributed by atoms with E-state index in [4.69, 9.17) is 4.52 Å². The standard InChI is InChI=1S/C12H20N4O2/c1-8-4-12(18-15-8)14-11(17)7-16-6-9(2)13-5-10(16)3/h4,9-10,13H,5-7H2,1-3H3,(H,14,17). The average molecular weight is 252 g/mol. The Morgan fingerprint density at radius 2 is 2.44 bits per heavy atom. The molecule has 0 radical (unpaired) electrons. The molecule has 100 valence electrons. The summed E-state index contributed by atoms with van der Waals surface area (Å²) in [5.74, 6) is 0.348. The van der Waals surface area contributed by atoms with E-state index in [2.05, 4.69) is 34.5 Å². The highest BCUT2D eigenvalue weighted by Crippen LogP contribution is 2.10. The third-order valence-electron chi connectivity index (χ3n) is 3.13. The highest BCUT2D eigenvalue weighted by molar-refractivity contribution is 5.91. The van der Waals surface area contributed by atoms with Crippen LogP contribution in [-0.2, 0) is 4.79 Å². The van der Waals surface area contributed by atoms with Gasteiger partial charge in [0.2, 0.25) is 11.8 Å². The lowest BCUT2D eigenvalue weighted by Gasteiger charge is -2.36. The second-order valence-electron chi connectivity index (χ2n) is 4.97. The predicted molar refractivity (Wildman–Crippen MR) is 68.4 cm³/mol. The fraction of sp³-hybridized carbons (Fsp3) is 0.667. The summed E-state index contributed by atoms with van der Waals surface area (Å²) >= 11 is 0. The Kier molecular flexibility index (Phi) is 3.98. The topological polar surface area (TPSA) is 70.4 Å². The molecule has 0 aromatic carbocycles. The molecule has 2 atom stereocenters. The summed E-state index contributed by atoms with van der Waals surface area (Å²) in [6.45, 7) is 8.23. The number of nitrogens with zero attached hydrogens (tertiary/aromatic N) is 2. The summed E-state index contributed by atoms with van der Waals surface area (Å²) in [6, 6.07) is 2.49. The van der Waals surface area contributed by atoms with Crippen molar-refractivity contribution >= 4 is 11.8 Å². The van der Waals surface area contributed by atoms with E-state index in [-0.39, 0.29) is 5.91 Å². The molecule has 0 bridgehead atoms. The molecule has 1 fully saturated rings. The zero-order valence-corrected chi connectivity index (χ0v) is 11.1. The maximum Gasteiger partial charge on any atom is 0.240 e. The molecule has 2 unspecified atom stereocenters. The third kappa shape index (κ3) is 3.30. The number of carbonyl (C=O) groups excluding carboxylic acids is 1. The third-order valence-corrected chi connectivity index (χ3v) is 3.13. The Balaban J connectivity index is 1.86. The summed E-state index contributed by atoms with van der Waals surface area (Å²) in [4.78, 5) is 14.0. The first-order valence-electron chi connectivity index (χ1n) is 6.25. The first kappa shape index (κ1) is 13.0. The number of aryl methyl sites for hydroxylation is 1. The van der Waals surface area contributed by atoms with Crippen LogP contribution in [0.2, 0.25) is 0 Å². The Morgan fingerprint density at radius 3 is 3.11 bits per heavy atom. The van der Waals surface area contributed by atoms with Crippen molar-refractivity contribution in [1.29, 1.82) is 0 Å².